The van der Waals surface area contributed by atoms with Crippen LogP contribution in [0.15, 0.2) is 48.5 Å². The largest absolute Gasteiger partial charge is 0.493 e. The number of carbonyl (C=O) groups is 1. The van der Waals surface area contributed by atoms with Crippen molar-refractivity contribution in [3.8, 4) is 11.5 Å². The summed E-state index contributed by atoms with van der Waals surface area (Å²) in [5, 5.41) is 0. The molecule has 4 rings (SSSR count). The van der Waals surface area contributed by atoms with Crippen LogP contribution in [-0.2, 0) is 11.3 Å². The SMILES string of the molecule is CCC(=O)N1CCCC1c1nc2ccccc2n1CCCCOc1ccccc1OC. The number of para-hydroxylation sites is 4. The molecule has 0 aliphatic carbocycles. The summed E-state index contributed by atoms with van der Waals surface area (Å²) >= 11 is 0. The van der Waals surface area contributed by atoms with E-state index in [0.29, 0.717) is 13.0 Å². The molecule has 1 atom stereocenters. The zero-order chi connectivity index (χ0) is 21.6. The summed E-state index contributed by atoms with van der Waals surface area (Å²) in [6.45, 7) is 4.25. The van der Waals surface area contributed by atoms with Crippen molar-refractivity contribution in [2.45, 2.75) is 51.6 Å². The van der Waals surface area contributed by atoms with E-state index in [1.807, 2.05) is 42.2 Å². The fourth-order valence-corrected chi connectivity index (χ4v) is 4.41. The van der Waals surface area contributed by atoms with Gasteiger partial charge in [-0.3, -0.25) is 4.79 Å². The number of aromatic nitrogens is 2. The van der Waals surface area contributed by atoms with Crippen molar-refractivity contribution in [3.05, 3.63) is 54.4 Å². The number of benzene rings is 2. The summed E-state index contributed by atoms with van der Waals surface area (Å²) in [5.41, 5.74) is 2.14. The van der Waals surface area contributed by atoms with Crippen LogP contribution in [-0.4, -0.2) is 40.6 Å². The maximum atomic E-state index is 12.5. The highest BCUT2D eigenvalue weighted by atomic mass is 16.5. The van der Waals surface area contributed by atoms with E-state index in [9.17, 15) is 4.79 Å². The molecule has 1 aliphatic heterocycles. The first-order chi connectivity index (χ1) is 15.2. The molecule has 0 radical (unpaired) electrons. The van der Waals surface area contributed by atoms with Gasteiger partial charge in [-0.05, 0) is 49.9 Å². The molecule has 1 fully saturated rings. The summed E-state index contributed by atoms with van der Waals surface area (Å²) in [6.07, 6.45) is 4.44. The van der Waals surface area contributed by atoms with Gasteiger partial charge in [-0.15, -0.1) is 0 Å². The normalized spacial score (nSPS) is 16.1. The standard InChI is InChI=1S/C25H31N3O3/c1-3-24(29)27-17-10-13-21(27)25-26-19-11-4-5-12-20(19)28(25)16-8-9-18-31-23-15-7-6-14-22(23)30-2/h4-7,11-12,14-15,21H,3,8-10,13,16-18H2,1-2H3. The second-order valence-corrected chi connectivity index (χ2v) is 7.92. The van der Waals surface area contributed by atoms with Crippen LogP contribution >= 0.6 is 0 Å². The van der Waals surface area contributed by atoms with Crippen LogP contribution in [0.1, 0.15) is 50.9 Å². The van der Waals surface area contributed by atoms with Crippen LogP contribution in [0.2, 0.25) is 0 Å². The van der Waals surface area contributed by atoms with Crippen molar-refractivity contribution in [1.29, 1.82) is 0 Å². The van der Waals surface area contributed by atoms with Crippen LogP contribution < -0.4 is 9.47 Å². The van der Waals surface area contributed by atoms with Gasteiger partial charge in [0.2, 0.25) is 5.91 Å². The average Bonchev–Trinajstić information content (AvgIpc) is 3.43. The third-order valence-electron chi connectivity index (χ3n) is 5.96. The Kier molecular flexibility index (Phi) is 6.75. The molecule has 3 aromatic rings. The maximum Gasteiger partial charge on any atom is 0.222 e. The van der Waals surface area contributed by atoms with Crippen molar-refractivity contribution in [2.75, 3.05) is 20.3 Å². The summed E-state index contributed by atoms with van der Waals surface area (Å²) in [5.74, 6) is 2.77. The number of carbonyl (C=O) groups excluding carboxylic acids is 1. The van der Waals surface area contributed by atoms with Crippen molar-refractivity contribution in [1.82, 2.24) is 14.5 Å². The second-order valence-electron chi connectivity index (χ2n) is 7.92. The molecule has 1 aliphatic rings. The first kappa shape index (κ1) is 21.2. The second kappa shape index (κ2) is 9.86. The van der Waals surface area contributed by atoms with Gasteiger partial charge in [0, 0.05) is 19.5 Å². The molecule has 6 nitrogen and oxygen atoms in total. The van der Waals surface area contributed by atoms with E-state index >= 15 is 0 Å². The Balaban J connectivity index is 1.46. The van der Waals surface area contributed by atoms with Crippen LogP contribution in [0, 0.1) is 0 Å². The number of amides is 1. The monoisotopic (exact) mass is 421 g/mol. The van der Waals surface area contributed by atoms with Crippen LogP contribution in [0.4, 0.5) is 0 Å². The number of aryl methyl sites for hydroxylation is 1. The first-order valence-corrected chi connectivity index (χ1v) is 11.2. The molecule has 0 N–H and O–H groups in total. The lowest BCUT2D eigenvalue weighted by Crippen LogP contribution is -2.31. The van der Waals surface area contributed by atoms with Crippen molar-refractivity contribution in [3.63, 3.8) is 0 Å². The number of hydrogen-bond acceptors (Lipinski definition) is 4. The van der Waals surface area contributed by atoms with Gasteiger partial charge in [0.05, 0.1) is 30.8 Å². The van der Waals surface area contributed by atoms with E-state index in [2.05, 4.69) is 22.8 Å². The smallest absolute Gasteiger partial charge is 0.222 e. The van der Waals surface area contributed by atoms with Crippen molar-refractivity contribution in [2.24, 2.45) is 0 Å². The molecule has 31 heavy (non-hydrogen) atoms. The van der Waals surface area contributed by atoms with Gasteiger partial charge in [-0.2, -0.15) is 0 Å². The van der Waals surface area contributed by atoms with E-state index in [0.717, 1.165) is 67.1 Å². The van der Waals surface area contributed by atoms with Gasteiger partial charge < -0.3 is 18.9 Å². The minimum absolute atomic E-state index is 0.0738. The van der Waals surface area contributed by atoms with Crippen LogP contribution in [0.3, 0.4) is 0 Å². The molecule has 2 aromatic carbocycles. The number of fused-ring (bicyclic) bond motifs is 1. The van der Waals surface area contributed by atoms with Gasteiger partial charge in [0.15, 0.2) is 11.5 Å². The van der Waals surface area contributed by atoms with Crippen molar-refractivity contribution >= 4 is 16.9 Å². The van der Waals surface area contributed by atoms with E-state index in [4.69, 9.17) is 14.5 Å². The molecule has 1 amide bonds. The van der Waals surface area contributed by atoms with Crippen LogP contribution in [0.5, 0.6) is 11.5 Å². The lowest BCUT2D eigenvalue weighted by molar-refractivity contribution is -0.131. The number of imidazole rings is 1. The molecule has 164 valence electrons. The predicted molar refractivity (Wildman–Crippen MR) is 121 cm³/mol. The van der Waals surface area contributed by atoms with Crippen molar-refractivity contribution < 1.29 is 14.3 Å². The highest BCUT2D eigenvalue weighted by Crippen LogP contribution is 2.34. The quantitative estimate of drug-likeness (QED) is 0.457. The Morgan fingerprint density at radius 2 is 1.87 bits per heavy atom. The lowest BCUT2D eigenvalue weighted by atomic mass is 10.2. The zero-order valence-corrected chi connectivity index (χ0v) is 18.4. The van der Waals surface area contributed by atoms with Gasteiger partial charge >= 0.3 is 0 Å². The molecule has 1 aromatic heterocycles. The van der Waals surface area contributed by atoms with Crippen LogP contribution in [0.25, 0.3) is 11.0 Å². The number of nitrogens with zero attached hydrogens (tertiary/aromatic N) is 3. The van der Waals surface area contributed by atoms with Gasteiger partial charge in [0.1, 0.15) is 5.82 Å². The highest BCUT2D eigenvalue weighted by molar-refractivity contribution is 5.78. The summed E-state index contributed by atoms with van der Waals surface area (Å²) in [4.78, 5) is 19.4. The molecule has 1 saturated heterocycles. The first-order valence-electron chi connectivity index (χ1n) is 11.2. The summed E-state index contributed by atoms with van der Waals surface area (Å²) < 4.78 is 13.6. The molecule has 0 bridgehead atoms. The van der Waals surface area contributed by atoms with E-state index < -0.39 is 0 Å². The number of rotatable bonds is 9. The third kappa shape index (κ3) is 4.53. The minimum atomic E-state index is 0.0738. The Hall–Kier alpha value is -3.02. The van der Waals surface area contributed by atoms with Gasteiger partial charge in [0.25, 0.3) is 0 Å². The van der Waals surface area contributed by atoms with E-state index in [-0.39, 0.29) is 11.9 Å². The summed E-state index contributed by atoms with van der Waals surface area (Å²) in [7, 11) is 1.66. The third-order valence-corrected chi connectivity index (χ3v) is 5.96. The highest BCUT2D eigenvalue weighted by Gasteiger charge is 2.32. The molecule has 6 heteroatoms. The van der Waals surface area contributed by atoms with Gasteiger partial charge in [-0.1, -0.05) is 31.2 Å². The zero-order valence-electron chi connectivity index (χ0n) is 18.4. The number of hydrogen-bond donors (Lipinski definition) is 0. The Morgan fingerprint density at radius 1 is 1.10 bits per heavy atom. The predicted octanol–water partition coefficient (Wildman–Crippen LogP) is 4.98. The molecule has 2 heterocycles. The van der Waals surface area contributed by atoms with E-state index in [1.165, 1.54) is 0 Å². The lowest BCUT2D eigenvalue weighted by Gasteiger charge is -2.25. The number of ether oxygens (including phenoxy) is 2. The molecular weight excluding hydrogens is 390 g/mol. The minimum Gasteiger partial charge on any atom is -0.493 e. The Morgan fingerprint density at radius 3 is 2.68 bits per heavy atom. The molecule has 0 saturated carbocycles. The topological polar surface area (TPSA) is 56.6 Å². The fraction of sp³-hybridized carbons (Fsp3) is 0.440. The fourth-order valence-electron chi connectivity index (χ4n) is 4.41. The summed E-state index contributed by atoms with van der Waals surface area (Å²) in [6, 6.07) is 16.1. The Labute approximate surface area is 183 Å². The molecule has 0 spiro atoms. The number of unbranched alkanes of at least 4 members (excludes halogenated alkanes) is 1. The Bertz CT molecular complexity index is 1030. The number of likely N-dealkylation sites (tertiary alicyclic amines) is 1. The van der Waals surface area contributed by atoms with E-state index in [1.54, 1.807) is 7.11 Å². The molecular formula is C25H31N3O3. The number of methoxy groups -OCH3 is 1. The maximum absolute atomic E-state index is 12.5. The molecule has 1 unspecified atom stereocenters. The van der Waals surface area contributed by atoms with Gasteiger partial charge in [-0.25, -0.2) is 4.98 Å². The average molecular weight is 422 g/mol.